The third-order valence-electron chi connectivity index (χ3n) is 15.6. The van der Waals surface area contributed by atoms with Gasteiger partial charge in [-0.1, -0.05) is 26.0 Å². The maximum absolute atomic E-state index is 13.1. The van der Waals surface area contributed by atoms with E-state index in [1.807, 2.05) is 0 Å². The zero-order valence-electron chi connectivity index (χ0n) is 35.0. The Morgan fingerprint density at radius 2 is 1.80 bits per heavy atom. The number of H-pyrrole nitrogens is 1. The summed E-state index contributed by atoms with van der Waals surface area (Å²) in [6.07, 6.45) is 5.67. The zero-order chi connectivity index (χ0) is 42.2. The van der Waals surface area contributed by atoms with Crippen LogP contribution in [0.2, 0.25) is 0 Å². The number of hydrogen-bond donors (Lipinski definition) is 5. The van der Waals surface area contributed by atoms with E-state index < -0.39 is 65.8 Å². The van der Waals surface area contributed by atoms with Crippen molar-refractivity contribution in [3.63, 3.8) is 0 Å². The number of aromatic nitrogens is 5. The van der Waals surface area contributed by atoms with Crippen molar-refractivity contribution in [3.05, 3.63) is 45.0 Å². The Labute approximate surface area is 343 Å². The van der Waals surface area contributed by atoms with Gasteiger partial charge in [0.05, 0.1) is 31.1 Å². The summed E-state index contributed by atoms with van der Waals surface area (Å²) in [5.74, 6) is -0.614. The van der Waals surface area contributed by atoms with Crippen molar-refractivity contribution in [1.82, 2.24) is 29.9 Å². The van der Waals surface area contributed by atoms with E-state index in [9.17, 15) is 34.5 Å². The number of aromatic amines is 1. The molecule has 7 unspecified atom stereocenters. The van der Waals surface area contributed by atoms with Gasteiger partial charge < -0.3 is 39.6 Å². The molecule has 6 aliphatic rings. The molecule has 17 heteroatoms. The Balaban J connectivity index is 0.809. The fourth-order valence-electron chi connectivity index (χ4n) is 12.7. The third kappa shape index (κ3) is 7.73. The summed E-state index contributed by atoms with van der Waals surface area (Å²) < 4.78 is 26.7. The SMILES string of the molecule is CC(CCC(=O)N[C@@H](C)C(=O)OCc1cn(CC2OC(n3ccc(=O)[nH]c3=O)[C@@H]3OC(C)(C)O[C@H]23)nn1)[C@H]1CCC2C3C(C[C@H](O)[C@@]21C)[C@@]1(C)CC[C@@H](O)CC1C[C@H]3O. The molecule has 0 radical (unpaired) electrons. The van der Waals surface area contributed by atoms with Gasteiger partial charge in [-0.25, -0.2) is 14.3 Å². The molecule has 4 saturated carbocycles. The van der Waals surface area contributed by atoms with Crippen molar-refractivity contribution >= 4 is 11.9 Å². The van der Waals surface area contributed by atoms with Crippen molar-refractivity contribution in [1.29, 1.82) is 0 Å². The van der Waals surface area contributed by atoms with Crippen LogP contribution in [0.25, 0.3) is 0 Å². The molecule has 0 spiro atoms. The molecule has 5 N–H and O–H groups in total. The Bertz CT molecular complexity index is 2000. The van der Waals surface area contributed by atoms with Crippen molar-refractivity contribution in [3.8, 4) is 0 Å². The predicted octanol–water partition coefficient (Wildman–Crippen LogP) is 2.17. The first-order valence-electron chi connectivity index (χ1n) is 21.6. The average molecular weight is 827 g/mol. The minimum Gasteiger partial charge on any atom is -0.458 e. The van der Waals surface area contributed by atoms with E-state index in [0.717, 1.165) is 32.1 Å². The molecular formula is C42H62N6O11. The number of nitrogens with zero attached hydrogens (tertiary/aromatic N) is 4. The van der Waals surface area contributed by atoms with Gasteiger partial charge >= 0.3 is 11.7 Å². The summed E-state index contributed by atoms with van der Waals surface area (Å²) in [7, 11) is 0. The molecule has 1 amide bonds. The fraction of sp³-hybridized carbons (Fsp3) is 0.810. The van der Waals surface area contributed by atoms with Gasteiger partial charge in [-0.05, 0) is 118 Å². The number of nitrogens with one attached hydrogen (secondary N) is 2. The van der Waals surface area contributed by atoms with E-state index in [-0.39, 0.29) is 77.9 Å². The van der Waals surface area contributed by atoms with Crippen LogP contribution in [0.1, 0.15) is 111 Å². The number of aliphatic hydroxyl groups is 3. The molecule has 2 aromatic rings. The molecule has 0 bridgehead atoms. The van der Waals surface area contributed by atoms with Crippen molar-refractivity contribution < 1.29 is 43.9 Å². The van der Waals surface area contributed by atoms with Crippen LogP contribution in [0.5, 0.6) is 0 Å². The number of carbonyl (C=O) groups is 2. The van der Waals surface area contributed by atoms with E-state index in [1.54, 1.807) is 27.0 Å². The summed E-state index contributed by atoms with van der Waals surface area (Å²) in [5.41, 5.74) is -1.12. The molecule has 326 valence electrons. The second-order valence-electron chi connectivity index (χ2n) is 19.5. The van der Waals surface area contributed by atoms with Gasteiger partial charge in [0.15, 0.2) is 12.0 Å². The number of amides is 1. The summed E-state index contributed by atoms with van der Waals surface area (Å²) in [4.78, 5) is 52.5. The Hall–Kier alpha value is -3.48. The van der Waals surface area contributed by atoms with Crippen molar-refractivity contribution in [2.75, 3.05) is 0 Å². The maximum atomic E-state index is 13.1. The smallest absolute Gasteiger partial charge is 0.330 e. The minimum absolute atomic E-state index is 0.0148. The van der Waals surface area contributed by atoms with Crippen molar-refractivity contribution in [2.45, 2.75) is 167 Å². The van der Waals surface area contributed by atoms with Crippen LogP contribution in [0.3, 0.4) is 0 Å². The molecule has 2 saturated heterocycles. The average Bonchev–Trinajstić information content (AvgIpc) is 3.93. The Morgan fingerprint density at radius 1 is 1.03 bits per heavy atom. The molecule has 17 nitrogen and oxygen atoms in total. The van der Waals surface area contributed by atoms with Crippen molar-refractivity contribution in [2.24, 2.45) is 46.3 Å². The molecule has 2 aliphatic heterocycles. The van der Waals surface area contributed by atoms with E-state index in [4.69, 9.17) is 18.9 Å². The zero-order valence-corrected chi connectivity index (χ0v) is 35.0. The summed E-state index contributed by atoms with van der Waals surface area (Å²) >= 11 is 0. The maximum Gasteiger partial charge on any atom is 0.330 e. The fourth-order valence-corrected chi connectivity index (χ4v) is 12.7. The summed E-state index contributed by atoms with van der Waals surface area (Å²) in [6.45, 7) is 11.8. The molecule has 6 fully saturated rings. The number of ether oxygens (including phenoxy) is 4. The first-order chi connectivity index (χ1) is 27.9. The van der Waals surface area contributed by atoms with E-state index >= 15 is 0 Å². The molecule has 0 aromatic carbocycles. The topological polar surface area (TPSA) is 229 Å². The lowest BCUT2D eigenvalue weighted by Crippen LogP contribution is -2.62. The second kappa shape index (κ2) is 15.8. The molecule has 4 heterocycles. The normalized spacial score (nSPS) is 40.6. The molecule has 2 aromatic heterocycles. The highest BCUT2D eigenvalue weighted by molar-refractivity contribution is 5.84. The van der Waals surface area contributed by atoms with Crippen LogP contribution in [-0.2, 0) is 41.7 Å². The van der Waals surface area contributed by atoms with Gasteiger partial charge in [-0.2, -0.15) is 0 Å². The lowest BCUT2D eigenvalue weighted by molar-refractivity contribution is -0.207. The third-order valence-corrected chi connectivity index (χ3v) is 15.6. The van der Waals surface area contributed by atoms with Gasteiger partial charge in [-0.3, -0.25) is 19.1 Å². The molecule has 59 heavy (non-hydrogen) atoms. The number of aliphatic hydroxyl groups excluding tert-OH is 3. The largest absolute Gasteiger partial charge is 0.458 e. The number of fused-ring (bicyclic) bond motifs is 6. The molecular weight excluding hydrogens is 764 g/mol. The van der Waals surface area contributed by atoms with Crippen LogP contribution in [-0.4, -0.2) is 100 Å². The lowest BCUT2D eigenvalue weighted by Gasteiger charge is -2.63. The highest BCUT2D eigenvalue weighted by Crippen LogP contribution is 2.68. The number of carbonyl (C=O) groups excluding carboxylic acids is 2. The lowest BCUT2D eigenvalue weighted by atomic mass is 9.43. The quantitative estimate of drug-likeness (QED) is 0.205. The highest BCUT2D eigenvalue weighted by atomic mass is 16.8. The number of hydrogen-bond acceptors (Lipinski definition) is 13. The van der Waals surface area contributed by atoms with E-state index in [1.165, 1.54) is 21.5 Å². The van der Waals surface area contributed by atoms with Crippen LogP contribution in [0.4, 0.5) is 0 Å². The van der Waals surface area contributed by atoms with E-state index in [2.05, 4.69) is 41.4 Å². The van der Waals surface area contributed by atoms with Gasteiger partial charge in [0.25, 0.3) is 5.56 Å². The molecule has 8 rings (SSSR count). The predicted molar refractivity (Wildman–Crippen MR) is 209 cm³/mol. The van der Waals surface area contributed by atoms with Crippen LogP contribution in [0, 0.1) is 46.3 Å². The van der Waals surface area contributed by atoms with Gasteiger partial charge in [-0.15, -0.1) is 5.10 Å². The minimum atomic E-state index is -0.931. The van der Waals surface area contributed by atoms with E-state index in [0.29, 0.717) is 25.0 Å². The Kier molecular flexibility index (Phi) is 11.3. The number of esters is 1. The highest BCUT2D eigenvalue weighted by Gasteiger charge is 2.66. The first-order valence-corrected chi connectivity index (χ1v) is 21.6. The standard InChI is InChI=1S/C42H62N6O11/c1-21(26-8-9-27-34-28(17-31(51)42(26,27)6)41(5)13-11-25(49)15-23(41)16-29(34)50)7-10-32(52)43-22(2)38(54)56-20-24-18-47(46-45-24)19-30-35-36(59-40(3,4)58-35)37(57-30)48-14-12-33(53)44-39(48)55/h12,14,18,21-23,25-31,34-37,49-51H,7-11,13,15-17,19-20H2,1-6H3,(H,43,52)(H,44,53,55)/t21?,22-,23?,25+,26+,27?,28?,29+,30?,31-,34?,35+,36+,37?,41-,42+/m0/s1. The summed E-state index contributed by atoms with van der Waals surface area (Å²) in [5, 5.41) is 45.0. The van der Waals surface area contributed by atoms with Crippen LogP contribution < -0.4 is 16.6 Å². The van der Waals surface area contributed by atoms with Crippen LogP contribution in [0.15, 0.2) is 28.0 Å². The summed E-state index contributed by atoms with van der Waals surface area (Å²) in [6, 6.07) is 0.342. The monoisotopic (exact) mass is 826 g/mol. The van der Waals surface area contributed by atoms with Gasteiger partial charge in [0.1, 0.15) is 36.7 Å². The molecule has 16 atom stereocenters. The van der Waals surface area contributed by atoms with Gasteiger partial charge in [0, 0.05) is 18.7 Å². The van der Waals surface area contributed by atoms with Crippen LogP contribution >= 0.6 is 0 Å². The number of rotatable bonds is 11. The second-order valence-corrected chi connectivity index (χ2v) is 19.5. The first kappa shape index (κ1) is 42.2. The van der Waals surface area contributed by atoms with Gasteiger partial charge in [0.2, 0.25) is 5.91 Å². The molecule has 4 aliphatic carbocycles. The Morgan fingerprint density at radius 3 is 2.56 bits per heavy atom.